The Kier molecular flexibility index (Phi) is 4.15. The Morgan fingerprint density at radius 3 is 2.57 bits per heavy atom. The number of ether oxygens (including phenoxy) is 1. The van der Waals surface area contributed by atoms with Crippen LogP contribution in [0.1, 0.15) is 37.0 Å². The first kappa shape index (κ1) is 11.3. The molecule has 78 valence electrons. The van der Waals surface area contributed by atoms with Crippen molar-refractivity contribution in [2.24, 2.45) is 0 Å². The average molecular weight is 192 g/mol. The molecule has 0 amide bonds. The van der Waals surface area contributed by atoms with Crippen molar-refractivity contribution in [2.75, 3.05) is 0 Å². The lowest BCUT2D eigenvalue weighted by molar-refractivity contribution is 0.0506. The van der Waals surface area contributed by atoms with Gasteiger partial charge in [-0.15, -0.1) is 0 Å². The monoisotopic (exact) mass is 192 g/mol. The maximum atomic E-state index is 5.70. The summed E-state index contributed by atoms with van der Waals surface area (Å²) in [7, 11) is 0. The van der Waals surface area contributed by atoms with E-state index in [1.54, 1.807) is 0 Å². The van der Waals surface area contributed by atoms with Crippen LogP contribution in [0.3, 0.4) is 0 Å². The van der Waals surface area contributed by atoms with Crippen LogP contribution in [0.4, 0.5) is 0 Å². The first-order valence-corrected chi connectivity index (χ1v) is 5.31. The van der Waals surface area contributed by atoms with E-state index < -0.39 is 0 Å². The van der Waals surface area contributed by atoms with Crippen LogP contribution < -0.4 is 0 Å². The molecule has 0 radical (unpaired) electrons. The van der Waals surface area contributed by atoms with E-state index in [1.165, 1.54) is 16.7 Å². The highest BCUT2D eigenvalue weighted by Crippen LogP contribution is 2.12. The molecule has 1 rings (SSSR count). The van der Waals surface area contributed by atoms with Crippen molar-refractivity contribution in [3.63, 3.8) is 0 Å². The standard InChI is InChI=1S/C13H20O/c1-5-12(4)14-9-13-7-6-10(2)8-11(13)3/h6-8,12H,5,9H2,1-4H3. The molecule has 1 aromatic rings. The highest BCUT2D eigenvalue weighted by Gasteiger charge is 2.02. The molecule has 0 saturated heterocycles. The second kappa shape index (κ2) is 5.16. The van der Waals surface area contributed by atoms with E-state index in [-0.39, 0.29) is 0 Å². The Balaban J connectivity index is 2.59. The first-order valence-electron chi connectivity index (χ1n) is 5.31. The molecule has 0 aliphatic rings. The van der Waals surface area contributed by atoms with Crippen LogP contribution in [0, 0.1) is 13.8 Å². The fourth-order valence-corrected chi connectivity index (χ4v) is 1.36. The van der Waals surface area contributed by atoms with Crippen molar-refractivity contribution in [3.05, 3.63) is 34.9 Å². The van der Waals surface area contributed by atoms with E-state index in [1.807, 2.05) is 0 Å². The summed E-state index contributed by atoms with van der Waals surface area (Å²) in [6.07, 6.45) is 1.43. The van der Waals surface area contributed by atoms with Gasteiger partial charge < -0.3 is 4.74 Å². The zero-order valence-electron chi connectivity index (χ0n) is 9.63. The number of benzene rings is 1. The molecule has 0 bridgehead atoms. The summed E-state index contributed by atoms with van der Waals surface area (Å²) in [4.78, 5) is 0. The van der Waals surface area contributed by atoms with Gasteiger partial charge in [0, 0.05) is 0 Å². The highest BCUT2D eigenvalue weighted by molar-refractivity contribution is 5.29. The van der Waals surface area contributed by atoms with E-state index in [0.29, 0.717) is 6.10 Å². The summed E-state index contributed by atoms with van der Waals surface area (Å²) < 4.78 is 5.70. The van der Waals surface area contributed by atoms with Crippen LogP contribution >= 0.6 is 0 Å². The minimum atomic E-state index is 0.357. The average Bonchev–Trinajstić information content (AvgIpc) is 2.16. The predicted octanol–water partition coefficient (Wildman–Crippen LogP) is 3.62. The van der Waals surface area contributed by atoms with Crippen molar-refractivity contribution in [1.29, 1.82) is 0 Å². The predicted molar refractivity (Wildman–Crippen MR) is 60.5 cm³/mol. The normalized spacial score (nSPS) is 12.9. The number of aryl methyl sites for hydroxylation is 2. The second-order valence-electron chi connectivity index (χ2n) is 3.96. The quantitative estimate of drug-likeness (QED) is 0.708. The minimum Gasteiger partial charge on any atom is -0.374 e. The third-order valence-electron chi connectivity index (χ3n) is 2.60. The lowest BCUT2D eigenvalue weighted by atomic mass is 10.1. The zero-order chi connectivity index (χ0) is 10.6. The number of rotatable bonds is 4. The minimum absolute atomic E-state index is 0.357. The largest absolute Gasteiger partial charge is 0.374 e. The summed E-state index contributed by atoms with van der Waals surface area (Å²) in [5, 5.41) is 0. The van der Waals surface area contributed by atoms with E-state index in [9.17, 15) is 0 Å². The molecule has 14 heavy (non-hydrogen) atoms. The molecule has 0 aromatic heterocycles. The zero-order valence-corrected chi connectivity index (χ0v) is 9.63. The SMILES string of the molecule is CCC(C)OCc1ccc(C)cc1C. The van der Waals surface area contributed by atoms with Crippen molar-refractivity contribution >= 4 is 0 Å². The van der Waals surface area contributed by atoms with E-state index >= 15 is 0 Å². The first-order chi connectivity index (χ1) is 6.63. The Morgan fingerprint density at radius 2 is 2.00 bits per heavy atom. The van der Waals surface area contributed by atoms with Gasteiger partial charge in [0.15, 0.2) is 0 Å². The van der Waals surface area contributed by atoms with Gasteiger partial charge in [-0.05, 0) is 38.3 Å². The van der Waals surface area contributed by atoms with Crippen LogP contribution in [0.25, 0.3) is 0 Å². The van der Waals surface area contributed by atoms with Gasteiger partial charge in [-0.2, -0.15) is 0 Å². The molecule has 1 atom stereocenters. The lowest BCUT2D eigenvalue weighted by Crippen LogP contribution is -2.06. The molecular weight excluding hydrogens is 172 g/mol. The summed E-state index contributed by atoms with van der Waals surface area (Å²) in [5.41, 5.74) is 3.94. The van der Waals surface area contributed by atoms with E-state index in [0.717, 1.165) is 13.0 Å². The summed E-state index contributed by atoms with van der Waals surface area (Å²) >= 11 is 0. The lowest BCUT2D eigenvalue weighted by Gasteiger charge is -2.12. The van der Waals surface area contributed by atoms with Crippen LogP contribution in [0.5, 0.6) is 0 Å². The van der Waals surface area contributed by atoms with E-state index in [4.69, 9.17) is 4.74 Å². The van der Waals surface area contributed by atoms with Crippen LogP contribution in [-0.2, 0) is 11.3 Å². The fraction of sp³-hybridized carbons (Fsp3) is 0.538. The third-order valence-corrected chi connectivity index (χ3v) is 2.60. The van der Waals surface area contributed by atoms with Gasteiger partial charge in [0.05, 0.1) is 12.7 Å². The Morgan fingerprint density at radius 1 is 1.29 bits per heavy atom. The fourth-order valence-electron chi connectivity index (χ4n) is 1.36. The molecule has 0 spiro atoms. The van der Waals surface area contributed by atoms with Crippen molar-refractivity contribution in [1.82, 2.24) is 0 Å². The van der Waals surface area contributed by atoms with Crippen molar-refractivity contribution in [3.8, 4) is 0 Å². The maximum absolute atomic E-state index is 5.70. The van der Waals surface area contributed by atoms with Gasteiger partial charge >= 0.3 is 0 Å². The van der Waals surface area contributed by atoms with Gasteiger partial charge in [-0.3, -0.25) is 0 Å². The molecule has 0 aliphatic carbocycles. The Labute approximate surface area is 87.1 Å². The molecular formula is C13H20O. The van der Waals surface area contributed by atoms with Crippen molar-refractivity contribution in [2.45, 2.75) is 46.8 Å². The molecule has 0 heterocycles. The maximum Gasteiger partial charge on any atom is 0.0723 e. The topological polar surface area (TPSA) is 9.23 Å². The van der Waals surface area contributed by atoms with Gasteiger partial charge in [-0.25, -0.2) is 0 Å². The highest BCUT2D eigenvalue weighted by atomic mass is 16.5. The van der Waals surface area contributed by atoms with E-state index in [2.05, 4.69) is 45.9 Å². The van der Waals surface area contributed by atoms with Crippen molar-refractivity contribution < 1.29 is 4.74 Å². The molecule has 0 aliphatic heterocycles. The molecule has 0 saturated carbocycles. The van der Waals surface area contributed by atoms with Gasteiger partial charge in [0.2, 0.25) is 0 Å². The molecule has 1 heteroatoms. The Hall–Kier alpha value is -0.820. The molecule has 0 fully saturated rings. The third kappa shape index (κ3) is 3.15. The summed E-state index contributed by atoms with van der Waals surface area (Å²) in [6, 6.07) is 6.50. The molecule has 0 N–H and O–H groups in total. The van der Waals surface area contributed by atoms with Gasteiger partial charge in [0.1, 0.15) is 0 Å². The van der Waals surface area contributed by atoms with Crippen LogP contribution in [0.2, 0.25) is 0 Å². The van der Waals surface area contributed by atoms with Crippen LogP contribution in [-0.4, -0.2) is 6.10 Å². The smallest absolute Gasteiger partial charge is 0.0723 e. The second-order valence-corrected chi connectivity index (χ2v) is 3.96. The Bertz CT molecular complexity index is 291. The summed E-state index contributed by atoms with van der Waals surface area (Å²) in [5.74, 6) is 0. The molecule has 1 aromatic carbocycles. The van der Waals surface area contributed by atoms with Gasteiger partial charge in [0.25, 0.3) is 0 Å². The molecule has 1 nitrogen and oxygen atoms in total. The van der Waals surface area contributed by atoms with Gasteiger partial charge in [-0.1, -0.05) is 30.7 Å². The number of hydrogen-bond donors (Lipinski definition) is 0. The summed E-state index contributed by atoms with van der Waals surface area (Å²) in [6.45, 7) is 9.26. The van der Waals surface area contributed by atoms with Crippen LogP contribution in [0.15, 0.2) is 18.2 Å². The number of hydrogen-bond acceptors (Lipinski definition) is 1. The molecule has 1 unspecified atom stereocenters.